The molecule has 0 aliphatic carbocycles. The van der Waals surface area contributed by atoms with E-state index in [1.807, 2.05) is 12.1 Å². The van der Waals surface area contributed by atoms with Gasteiger partial charge in [0.2, 0.25) is 5.88 Å². The molecule has 0 radical (unpaired) electrons. The number of ether oxygens (including phenoxy) is 1. The molecule has 2 aromatic rings. The number of aliphatic hydroxyl groups excluding tert-OH is 1. The van der Waals surface area contributed by atoms with Crippen molar-refractivity contribution in [1.82, 2.24) is 4.98 Å². The molecule has 0 bridgehead atoms. The minimum absolute atomic E-state index is 0.0792. The van der Waals surface area contributed by atoms with E-state index < -0.39 is 0 Å². The normalized spacial score (nSPS) is 11.4. The summed E-state index contributed by atoms with van der Waals surface area (Å²) < 4.78 is 5.73. The highest BCUT2D eigenvalue weighted by atomic mass is 16.5. The Morgan fingerprint density at radius 2 is 1.85 bits per heavy atom. The Morgan fingerprint density at radius 1 is 1.15 bits per heavy atom. The summed E-state index contributed by atoms with van der Waals surface area (Å²) >= 11 is 0. The molecule has 0 saturated carbocycles. The van der Waals surface area contributed by atoms with Gasteiger partial charge in [-0.05, 0) is 41.7 Å². The summed E-state index contributed by atoms with van der Waals surface area (Å²) in [5.74, 6) is 1.19. The Balaban J connectivity index is 2.19. The average molecular weight is 271 g/mol. The van der Waals surface area contributed by atoms with Crippen molar-refractivity contribution in [3.8, 4) is 11.6 Å². The van der Waals surface area contributed by atoms with E-state index in [0.717, 1.165) is 12.2 Å². The molecule has 0 fully saturated rings. The fourth-order valence-electron chi connectivity index (χ4n) is 1.93. The second-order valence-corrected chi connectivity index (χ2v) is 5.49. The van der Waals surface area contributed by atoms with Crippen LogP contribution in [0.3, 0.4) is 0 Å². The number of rotatable bonds is 5. The van der Waals surface area contributed by atoms with Gasteiger partial charge in [0.15, 0.2) is 0 Å². The maximum Gasteiger partial charge on any atom is 0.224 e. The second kappa shape index (κ2) is 6.06. The zero-order valence-electron chi connectivity index (χ0n) is 12.3. The Bertz CT molecular complexity index is 561. The highest BCUT2D eigenvalue weighted by molar-refractivity contribution is 5.35. The van der Waals surface area contributed by atoms with E-state index in [1.165, 1.54) is 5.56 Å². The van der Waals surface area contributed by atoms with E-state index in [9.17, 15) is 5.11 Å². The predicted octanol–water partition coefficient (Wildman–Crippen LogP) is 4.05. The Kier molecular flexibility index (Phi) is 4.40. The topological polar surface area (TPSA) is 42.4 Å². The van der Waals surface area contributed by atoms with E-state index in [4.69, 9.17) is 4.74 Å². The lowest BCUT2D eigenvalue weighted by Gasteiger charge is -2.23. The Labute approximate surface area is 120 Å². The summed E-state index contributed by atoms with van der Waals surface area (Å²) in [7, 11) is 0. The first-order chi connectivity index (χ1) is 9.56. The molecular formula is C17H21NO2. The van der Waals surface area contributed by atoms with Gasteiger partial charge < -0.3 is 9.84 Å². The molecule has 0 spiro atoms. The number of nitrogens with zero attached hydrogens (tertiary/aromatic N) is 1. The first-order valence-corrected chi connectivity index (χ1v) is 6.90. The molecule has 20 heavy (non-hydrogen) atoms. The quantitative estimate of drug-likeness (QED) is 0.892. The molecule has 0 aliphatic rings. The van der Waals surface area contributed by atoms with Crippen LogP contribution in [0.1, 0.15) is 38.3 Å². The van der Waals surface area contributed by atoms with Gasteiger partial charge in [0.1, 0.15) is 5.75 Å². The molecule has 2 rings (SSSR count). The molecule has 0 unspecified atom stereocenters. The SMILES string of the molecule is CCC(C)(C)c1ccc(Oc2ncccc2CO)cc1. The molecule has 0 saturated heterocycles. The van der Waals surface area contributed by atoms with Gasteiger partial charge in [0, 0.05) is 11.8 Å². The highest BCUT2D eigenvalue weighted by Crippen LogP contribution is 2.29. The molecule has 3 nitrogen and oxygen atoms in total. The number of aromatic nitrogens is 1. The second-order valence-electron chi connectivity index (χ2n) is 5.49. The van der Waals surface area contributed by atoms with Gasteiger partial charge in [-0.3, -0.25) is 0 Å². The largest absolute Gasteiger partial charge is 0.439 e. The standard InChI is InChI=1S/C17H21NO2/c1-4-17(2,3)14-7-9-15(10-8-14)20-16-13(12-19)6-5-11-18-16/h5-11,19H,4,12H2,1-3H3. The molecule has 0 amide bonds. The van der Waals surface area contributed by atoms with Crippen molar-refractivity contribution in [2.75, 3.05) is 0 Å². The molecular weight excluding hydrogens is 250 g/mol. The van der Waals surface area contributed by atoms with Crippen molar-refractivity contribution in [1.29, 1.82) is 0 Å². The van der Waals surface area contributed by atoms with Crippen LogP contribution in [0.15, 0.2) is 42.6 Å². The van der Waals surface area contributed by atoms with Gasteiger partial charge in [0.25, 0.3) is 0 Å². The van der Waals surface area contributed by atoms with Crippen molar-refractivity contribution in [2.24, 2.45) is 0 Å². The first-order valence-electron chi connectivity index (χ1n) is 6.90. The third-order valence-corrected chi connectivity index (χ3v) is 3.75. The van der Waals surface area contributed by atoms with Crippen molar-refractivity contribution < 1.29 is 9.84 Å². The number of benzene rings is 1. The van der Waals surface area contributed by atoms with E-state index in [1.54, 1.807) is 18.3 Å². The van der Waals surface area contributed by atoms with Crippen molar-refractivity contribution in [2.45, 2.75) is 39.2 Å². The van der Waals surface area contributed by atoms with Gasteiger partial charge in [-0.25, -0.2) is 4.98 Å². The van der Waals surface area contributed by atoms with E-state index in [0.29, 0.717) is 11.4 Å². The minimum atomic E-state index is -0.0792. The van der Waals surface area contributed by atoms with Crippen LogP contribution in [0.25, 0.3) is 0 Å². The molecule has 0 aliphatic heterocycles. The van der Waals surface area contributed by atoms with Crippen LogP contribution in [0.5, 0.6) is 11.6 Å². The summed E-state index contributed by atoms with van der Waals surface area (Å²) in [4.78, 5) is 4.15. The zero-order chi connectivity index (χ0) is 14.6. The van der Waals surface area contributed by atoms with E-state index in [2.05, 4.69) is 37.9 Å². The van der Waals surface area contributed by atoms with Gasteiger partial charge in [-0.2, -0.15) is 0 Å². The smallest absolute Gasteiger partial charge is 0.224 e. The van der Waals surface area contributed by atoms with Crippen molar-refractivity contribution in [3.63, 3.8) is 0 Å². The molecule has 1 aromatic carbocycles. The predicted molar refractivity (Wildman–Crippen MR) is 80.0 cm³/mol. The highest BCUT2D eigenvalue weighted by Gasteiger charge is 2.17. The van der Waals surface area contributed by atoms with Crippen molar-refractivity contribution in [3.05, 3.63) is 53.7 Å². The minimum Gasteiger partial charge on any atom is -0.439 e. The van der Waals surface area contributed by atoms with Crippen LogP contribution in [0.4, 0.5) is 0 Å². The lowest BCUT2D eigenvalue weighted by molar-refractivity contribution is 0.275. The zero-order valence-corrected chi connectivity index (χ0v) is 12.3. The number of hydrogen-bond donors (Lipinski definition) is 1. The third-order valence-electron chi connectivity index (χ3n) is 3.75. The van der Waals surface area contributed by atoms with Gasteiger partial charge in [-0.15, -0.1) is 0 Å². The van der Waals surface area contributed by atoms with Gasteiger partial charge in [-0.1, -0.05) is 32.9 Å². The maximum absolute atomic E-state index is 9.26. The molecule has 106 valence electrons. The monoisotopic (exact) mass is 271 g/mol. The van der Waals surface area contributed by atoms with Gasteiger partial charge >= 0.3 is 0 Å². The summed E-state index contributed by atoms with van der Waals surface area (Å²) in [6, 6.07) is 11.6. The van der Waals surface area contributed by atoms with Crippen molar-refractivity contribution >= 4 is 0 Å². The van der Waals surface area contributed by atoms with Crippen LogP contribution in [0.2, 0.25) is 0 Å². The number of pyridine rings is 1. The summed E-state index contributed by atoms with van der Waals surface area (Å²) in [6.45, 7) is 6.56. The summed E-state index contributed by atoms with van der Waals surface area (Å²) in [5, 5.41) is 9.26. The molecule has 1 N–H and O–H groups in total. The maximum atomic E-state index is 9.26. The van der Waals surface area contributed by atoms with E-state index in [-0.39, 0.29) is 12.0 Å². The summed E-state index contributed by atoms with van der Waals surface area (Å²) in [6.07, 6.45) is 2.74. The molecule has 1 aromatic heterocycles. The fraction of sp³-hybridized carbons (Fsp3) is 0.353. The van der Waals surface area contributed by atoms with Crippen LogP contribution in [0, 0.1) is 0 Å². The molecule has 3 heteroatoms. The molecule has 0 atom stereocenters. The first kappa shape index (κ1) is 14.5. The Morgan fingerprint density at radius 3 is 2.45 bits per heavy atom. The van der Waals surface area contributed by atoms with Crippen LogP contribution in [-0.4, -0.2) is 10.1 Å². The lowest BCUT2D eigenvalue weighted by Crippen LogP contribution is -2.14. The molecule has 1 heterocycles. The van der Waals surface area contributed by atoms with E-state index >= 15 is 0 Å². The lowest BCUT2D eigenvalue weighted by atomic mass is 9.82. The van der Waals surface area contributed by atoms with Crippen LogP contribution in [-0.2, 0) is 12.0 Å². The number of hydrogen-bond acceptors (Lipinski definition) is 3. The number of aliphatic hydroxyl groups is 1. The summed E-state index contributed by atoms with van der Waals surface area (Å²) in [5.41, 5.74) is 2.14. The average Bonchev–Trinajstić information content (AvgIpc) is 2.48. The Hall–Kier alpha value is -1.87. The van der Waals surface area contributed by atoms with Gasteiger partial charge in [0.05, 0.1) is 6.61 Å². The third kappa shape index (κ3) is 3.17. The fourth-order valence-corrected chi connectivity index (χ4v) is 1.93. The van der Waals surface area contributed by atoms with Crippen LogP contribution >= 0.6 is 0 Å². The van der Waals surface area contributed by atoms with Crippen LogP contribution < -0.4 is 4.74 Å².